The van der Waals surface area contributed by atoms with Crippen LogP contribution in [0.15, 0.2) is 0 Å². The maximum Gasteiger partial charge on any atom is 0.0809 e. The molecule has 0 aliphatic carbocycles. The quantitative estimate of drug-likeness (QED) is 0.559. The molecule has 0 bridgehead atoms. The van der Waals surface area contributed by atoms with E-state index in [-0.39, 0.29) is 0 Å². The van der Waals surface area contributed by atoms with Crippen LogP contribution in [0.1, 0.15) is 19.8 Å². The lowest BCUT2D eigenvalue weighted by molar-refractivity contribution is -0.0906. The summed E-state index contributed by atoms with van der Waals surface area (Å²) in [7, 11) is 0. The van der Waals surface area contributed by atoms with Crippen molar-refractivity contribution in [3.8, 4) is 0 Å². The fourth-order valence-corrected chi connectivity index (χ4v) is 1.03. The summed E-state index contributed by atoms with van der Waals surface area (Å²) < 4.78 is 10.6. The largest absolute Gasteiger partial charge is 0.376 e. The first-order valence-corrected chi connectivity index (χ1v) is 3.63. The van der Waals surface area contributed by atoms with E-state index < -0.39 is 0 Å². The minimum Gasteiger partial charge on any atom is -0.376 e. The van der Waals surface area contributed by atoms with Gasteiger partial charge in [0.15, 0.2) is 0 Å². The second-order valence-corrected chi connectivity index (χ2v) is 2.36. The van der Waals surface area contributed by atoms with E-state index in [0.29, 0.717) is 6.10 Å². The smallest absolute Gasteiger partial charge is 0.0809 e. The predicted octanol–water partition coefficient (Wildman–Crippen LogP) is 1.20. The van der Waals surface area contributed by atoms with Gasteiger partial charge in [0, 0.05) is 0 Å². The highest BCUT2D eigenvalue weighted by atomic mass is 16.6. The van der Waals surface area contributed by atoms with E-state index in [1.807, 2.05) is 0 Å². The van der Waals surface area contributed by atoms with Crippen molar-refractivity contribution in [1.29, 1.82) is 0 Å². The Hall–Kier alpha value is -0.0800. The molecule has 1 fully saturated rings. The van der Waals surface area contributed by atoms with Gasteiger partial charge >= 0.3 is 0 Å². The molecule has 0 amide bonds. The zero-order valence-corrected chi connectivity index (χ0v) is 5.93. The van der Waals surface area contributed by atoms with Crippen molar-refractivity contribution < 1.29 is 9.47 Å². The zero-order chi connectivity index (χ0) is 6.53. The van der Waals surface area contributed by atoms with Gasteiger partial charge in [0.25, 0.3) is 0 Å². The van der Waals surface area contributed by atoms with Crippen LogP contribution in [0.2, 0.25) is 0 Å². The first-order chi connectivity index (χ1) is 4.43. The normalized spacial score (nSPS) is 28.3. The molecule has 9 heavy (non-hydrogen) atoms. The van der Waals surface area contributed by atoms with Gasteiger partial charge in [0.2, 0.25) is 0 Å². The number of hydrogen-bond acceptors (Lipinski definition) is 2. The summed E-state index contributed by atoms with van der Waals surface area (Å²) in [5.41, 5.74) is 0. The number of hydrogen-bond donors (Lipinski definition) is 0. The van der Waals surface area contributed by atoms with Crippen molar-refractivity contribution in [3.63, 3.8) is 0 Å². The summed E-state index contributed by atoms with van der Waals surface area (Å²) in [5.74, 6) is 0. The number of ether oxygens (including phenoxy) is 2. The van der Waals surface area contributed by atoms with Crippen molar-refractivity contribution in [2.45, 2.75) is 25.9 Å². The van der Waals surface area contributed by atoms with Gasteiger partial charge in [-0.15, -0.1) is 0 Å². The van der Waals surface area contributed by atoms with Crippen LogP contribution < -0.4 is 0 Å². The monoisotopic (exact) mass is 130 g/mol. The van der Waals surface area contributed by atoms with E-state index in [2.05, 4.69) is 6.92 Å². The van der Waals surface area contributed by atoms with Crippen molar-refractivity contribution >= 4 is 0 Å². The average Bonchev–Trinajstić information content (AvgIpc) is 1.91. The molecule has 2 heteroatoms. The molecule has 0 aromatic heterocycles. The zero-order valence-electron chi connectivity index (χ0n) is 5.93. The Morgan fingerprint density at radius 1 is 1.44 bits per heavy atom. The molecule has 0 aromatic carbocycles. The van der Waals surface area contributed by atoms with E-state index in [4.69, 9.17) is 9.47 Å². The molecule has 1 saturated heterocycles. The van der Waals surface area contributed by atoms with Crippen LogP contribution in [-0.2, 0) is 9.47 Å². The van der Waals surface area contributed by atoms with Crippen molar-refractivity contribution in [1.82, 2.24) is 0 Å². The maximum absolute atomic E-state index is 5.39. The van der Waals surface area contributed by atoms with Crippen LogP contribution in [0, 0.1) is 0 Å². The Labute approximate surface area is 56.2 Å². The van der Waals surface area contributed by atoms with Crippen molar-refractivity contribution in [3.05, 3.63) is 0 Å². The van der Waals surface area contributed by atoms with Gasteiger partial charge in [0.05, 0.1) is 25.9 Å². The molecule has 0 saturated carbocycles. The van der Waals surface area contributed by atoms with Crippen LogP contribution in [-0.4, -0.2) is 25.9 Å². The molecule has 2 nitrogen and oxygen atoms in total. The van der Waals surface area contributed by atoms with Gasteiger partial charge in [-0.05, 0) is 6.42 Å². The molecule has 54 valence electrons. The summed E-state index contributed by atoms with van der Waals surface area (Å²) >= 11 is 0. The topological polar surface area (TPSA) is 18.5 Å². The van der Waals surface area contributed by atoms with Gasteiger partial charge in [-0.3, -0.25) is 0 Å². The van der Waals surface area contributed by atoms with E-state index in [1.165, 1.54) is 6.42 Å². The lowest BCUT2D eigenvalue weighted by Crippen LogP contribution is -2.28. The SMILES string of the molecule is CCCC1COCCO1. The second kappa shape index (κ2) is 3.85. The van der Waals surface area contributed by atoms with Gasteiger partial charge in [0.1, 0.15) is 0 Å². The van der Waals surface area contributed by atoms with Gasteiger partial charge < -0.3 is 9.47 Å². The lowest BCUT2D eigenvalue weighted by Gasteiger charge is -2.21. The predicted molar refractivity (Wildman–Crippen MR) is 35.5 cm³/mol. The fraction of sp³-hybridized carbons (Fsp3) is 1.00. The summed E-state index contributed by atoms with van der Waals surface area (Å²) in [4.78, 5) is 0. The summed E-state index contributed by atoms with van der Waals surface area (Å²) in [6.07, 6.45) is 2.71. The van der Waals surface area contributed by atoms with Crippen LogP contribution in [0.25, 0.3) is 0 Å². The first kappa shape index (κ1) is 7.03. The molecule has 1 heterocycles. The van der Waals surface area contributed by atoms with Gasteiger partial charge in [-0.1, -0.05) is 13.3 Å². The van der Waals surface area contributed by atoms with Gasteiger partial charge in [-0.25, -0.2) is 0 Å². The standard InChI is InChI=1S/C7H14O2/c1-2-3-7-6-8-4-5-9-7/h7H,2-6H2,1H3. The molecule has 1 atom stereocenters. The van der Waals surface area contributed by atoms with Gasteiger partial charge in [-0.2, -0.15) is 0 Å². The molecule has 0 radical (unpaired) electrons. The average molecular weight is 130 g/mol. The third kappa shape index (κ3) is 2.33. The fourth-order valence-electron chi connectivity index (χ4n) is 1.03. The second-order valence-electron chi connectivity index (χ2n) is 2.36. The molecule has 0 aromatic rings. The summed E-state index contributed by atoms with van der Waals surface area (Å²) in [5, 5.41) is 0. The molecular formula is C7H14O2. The maximum atomic E-state index is 5.39. The Balaban J connectivity index is 2.08. The highest BCUT2D eigenvalue weighted by Crippen LogP contribution is 2.06. The summed E-state index contributed by atoms with van der Waals surface area (Å²) in [6, 6.07) is 0. The van der Waals surface area contributed by atoms with Crippen LogP contribution in [0.4, 0.5) is 0 Å². The van der Waals surface area contributed by atoms with Crippen LogP contribution in [0.3, 0.4) is 0 Å². The first-order valence-electron chi connectivity index (χ1n) is 3.63. The molecule has 1 aliphatic heterocycles. The molecule has 1 unspecified atom stereocenters. The van der Waals surface area contributed by atoms with Crippen LogP contribution >= 0.6 is 0 Å². The Kier molecular flexibility index (Phi) is 3.01. The van der Waals surface area contributed by atoms with Crippen molar-refractivity contribution in [2.24, 2.45) is 0 Å². The highest BCUT2D eigenvalue weighted by Gasteiger charge is 2.11. The molecule has 1 aliphatic rings. The minimum atomic E-state index is 0.378. The summed E-state index contributed by atoms with van der Waals surface area (Å²) in [6.45, 7) is 4.52. The van der Waals surface area contributed by atoms with E-state index in [1.54, 1.807) is 0 Å². The molecular weight excluding hydrogens is 116 g/mol. The third-order valence-corrected chi connectivity index (χ3v) is 1.50. The number of rotatable bonds is 2. The third-order valence-electron chi connectivity index (χ3n) is 1.50. The Bertz CT molecular complexity index is 64.6. The lowest BCUT2D eigenvalue weighted by atomic mass is 10.2. The van der Waals surface area contributed by atoms with Crippen molar-refractivity contribution in [2.75, 3.05) is 19.8 Å². The Morgan fingerprint density at radius 2 is 2.33 bits per heavy atom. The Morgan fingerprint density at radius 3 is 2.89 bits per heavy atom. The molecule has 1 rings (SSSR count). The highest BCUT2D eigenvalue weighted by molar-refractivity contribution is 4.58. The van der Waals surface area contributed by atoms with E-state index in [0.717, 1.165) is 26.2 Å². The minimum absolute atomic E-state index is 0.378. The molecule has 0 N–H and O–H groups in total. The van der Waals surface area contributed by atoms with E-state index in [9.17, 15) is 0 Å². The van der Waals surface area contributed by atoms with E-state index >= 15 is 0 Å². The molecule has 0 spiro atoms. The van der Waals surface area contributed by atoms with Crippen LogP contribution in [0.5, 0.6) is 0 Å².